The minimum Gasteiger partial charge on any atom is -0.469 e. The molecule has 0 spiro atoms. The van der Waals surface area contributed by atoms with E-state index in [1.54, 1.807) is 0 Å². The summed E-state index contributed by atoms with van der Waals surface area (Å²) in [5.41, 5.74) is 3.78. The number of nitrogens with zero attached hydrogens (tertiary/aromatic N) is 2. The maximum absolute atomic E-state index is 12.6. The minimum absolute atomic E-state index is 0.00472. The fourth-order valence-corrected chi connectivity index (χ4v) is 5.25. The van der Waals surface area contributed by atoms with E-state index in [2.05, 4.69) is 55.9 Å². The second-order valence-electron chi connectivity index (χ2n) is 10.8. The molecule has 4 rings (SSSR count). The van der Waals surface area contributed by atoms with Gasteiger partial charge >= 0.3 is 5.97 Å². The number of hydrogen-bond acceptors (Lipinski definition) is 6. The molecule has 0 bridgehead atoms. The molecule has 1 saturated heterocycles. The fourth-order valence-electron chi connectivity index (χ4n) is 4.31. The van der Waals surface area contributed by atoms with Crippen LogP contribution in [0.15, 0.2) is 53.1 Å². The van der Waals surface area contributed by atoms with Gasteiger partial charge in [-0.3, -0.25) is 14.7 Å². The van der Waals surface area contributed by atoms with E-state index < -0.39 is 8.32 Å². The molecule has 2 aromatic heterocycles. The van der Waals surface area contributed by atoms with Crippen molar-refractivity contribution in [3.8, 4) is 0 Å². The van der Waals surface area contributed by atoms with Crippen molar-refractivity contribution in [2.45, 2.75) is 58.0 Å². The van der Waals surface area contributed by atoms with E-state index in [4.69, 9.17) is 13.6 Å². The van der Waals surface area contributed by atoms with Gasteiger partial charge in [-0.1, -0.05) is 51.1 Å². The number of fused-ring (bicyclic) bond motifs is 1. The van der Waals surface area contributed by atoms with Gasteiger partial charge < -0.3 is 13.6 Å². The fraction of sp³-hybridized carbons (Fsp3) is 0.481. The quantitative estimate of drug-likeness (QED) is 0.317. The monoisotopic (exact) mass is 480 g/mol. The molecule has 2 atom stereocenters. The van der Waals surface area contributed by atoms with Gasteiger partial charge in [-0.05, 0) is 35.3 Å². The summed E-state index contributed by atoms with van der Waals surface area (Å²) in [6.45, 7) is 13.8. The molecule has 0 aliphatic carbocycles. The van der Waals surface area contributed by atoms with Gasteiger partial charge in [0.25, 0.3) is 0 Å². The predicted octanol–water partition coefficient (Wildman–Crippen LogP) is 5.74. The molecule has 1 aliphatic heterocycles. The Kier molecular flexibility index (Phi) is 6.98. The van der Waals surface area contributed by atoms with Gasteiger partial charge in [-0.25, -0.2) is 0 Å². The molecule has 7 heteroatoms. The average Bonchev–Trinajstić information content (AvgIpc) is 3.40. The first-order valence-electron chi connectivity index (χ1n) is 11.9. The first-order valence-corrected chi connectivity index (χ1v) is 14.8. The highest BCUT2D eigenvalue weighted by molar-refractivity contribution is 6.74. The average molecular weight is 481 g/mol. The van der Waals surface area contributed by atoms with E-state index in [-0.39, 0.29) is 22.8 Å². The van der Waals surface area contributed by atoms with Gasteiger partial charge in [0.15, 0.2) is 13.9 Å². The highest BCUT2D eigenvalue weighted by Gasteiger charge is 2.40. The maximum Gasteiger partial charge on any atom is 0.310 e. The van der Waals surface area contributed by atoms with E-state index in [0.29, 0.717) is 13.2 Å². The second-order valence-corrected chi connectivity index (χ2v) is 15.6. The second kappa shape index (κ2) is 9.64. The Labute approximate surface area is 203 Å². The smallest absolute Gasteiger partial charge is 0.310 e. The molecule has 3 aromatic rings. The molecule has 3 heterocycles. The van der Waals surface area contributed by atoms with Crippen molar-refractivity contribution in [1.29, 1.82) is 0 Å². The van der Waals surface area contributed by atoms with Crippen LogP contribution in [-0.2, 0) is 27.1 Å². The summed E-state index contributed by atoms with van der Waals surface area (Å²) in [7, 11) is -0.412. The topological polar surface area (TPSA) is 64.8 Å². The van der Waals surface area contributed by atoms with E-state index in [1.165, 1.54) is 12.7 Å². The Morgan fingerprint density at radius 1 is 1.18 bits per heavy atom. The number of hydrogen-bond donors (Lipinski definition) is 0. The zero-order valence-corrected chi connectivity index (χ0v) is 22.1. The van der Waals surface area contributed by atoms with Crippen molar-refractivity contribution in [2.24, 2.45) is 5.92 Å². The summed E-state index contributed by atoms with van der Waals surface area (Å²) in [5, 5.41) is 0.140. The van der Waals surface area contributed by atoms with Gasteiger partial charge in [0, 0.05) is 37.8 Å². The number of ether oxygens (including phenoxy) is 1. The Bertz CT molecular complexity index is 1140. The number of carbonyl (C=O) groups excluding carboxylic acids is 1. The van der Waals surface area contributed by atoms with Crippen LogP contribution < -0.4 is 0 Å². The molecule has 182 valence electrons. The summed E-state index contributed by atoms with van der Waals surface area (Å²) in [6, 6.07) is 14.3. The van der Waals surface area contributed by atoms with Crippen molar-refractivity contribution in [3.63, 3.8) is 0 Å². The van der Waals surface area contributed by atoms with Gasteiger partial charge in [-0.2, -0.15) is 0 Å². The molecule has 0 radical (unpaired) electrons. The normalized spacial score (nSPS) is 19.6. The van der Waals surface area contributed by atoms with E-state index >= 15 is 0 Å². The van der Waals surface area contributed by atoms with Crippen LogP contribution in [0.5, 0.6) is 0 Å². The van der Waals surface area contributed by atoms with Gasteiger partial charge in [0.05, 0.1) is 19.6 Å². The molecule has 2 unspecified atom stereocenters. The lowest BCUT2D eigenvalue weighted by Gasteiger charge is -2.35. The number of furan rings is 1. The summed E-state index contributed by atoms with van der Waals surface area (Å²) < 4.78 is 17.6. The number of methoxy groups -OCH3 is 1. The third-order valence-corrected chi connectivity index (χ3v) is 11.9. The summed E-state index contributed by atoms with van der Waals surface area (Å²) in [4.78, 5) is 19.6. The lowest BCUT2D eigenvalue weighted by Crippen LogP contribution is -2.40. The van der Waals surface area contributed by atoms with Crippen molar-refractivity contribution in [1.82, 2.24) is 9.88 Å². The Hall–Kier alpha value is -2.48. The number of likely N-dealkylation sites (tertiary alicyclic amines) is 1. The lowest BCUT2D eigenvalue weighted by atomic mass is 9.90. The van der Waals surface area contributed by atoms with Crippen LogP contribution in [-0.4, -0.2) is 44.4 Å². The summed E-state index contributed by atoms with van der Waals surface area (Å²) in [6.07, 6.45) is 1.88. The number of rotatable bonds is 7. The number of esters is 1. The van der Waals surface area contributed by atoms with Gasteiger partial charge in [-0.15, -0.1) is 0 Å². The van der Waals surface area contributed by atoms with Crippen molar-refractivity contribution in [2.75, 3.05) is 20.2 Å². The highest BCUT2D eigenvalue weighted by Crippen LogP contribution is 2.38. The Morgan fingerprint density at radius 3 is 2.59 bits per heavy atom. The van der Waals surface area contributed by atoms with Gasteiger partial charge in [0.1, 0.15) is 11.3 Å². The van der Waals surface area contributed by atoms with Crippen LogP contribution in [0, 0.1) is 5.92 Å². The molecule has 6 nitrogen and oxygen atoms in total. The van der Waals surface area contributed by atoms with Crippen LogP contribution in [0.2, 0.25) is 18.1 Å². The van der Waals surface area contributed by atoms with E-state index in [0.717, 1.165) is 35.5 Å². The lowest BCUT2D eigenvalue weighted by molar-refractivity contribution is -0.145. The molecule has 1 fully saturated rings. The molecule has 34 heavy (non-hydrogen) atoms. The number of benzene rings is 1. The van der Waals surface area contributed by atoms with Crippen LogP contribution >= 0.6 is 0 Å². The zero-order chi connectivity index (χ0) is 24.5. The number of carbonyl (C=O) groups is 1. The van der Waals surface area contributed by atoms with Crippen LogP contribution in [0.1, 0.15) is 43.6 Å². The first kappa shape index (κ1) is 24.6. The standard InChI is InChI=1S/C27H36N2O4Si/c1-27(2,3)34(5,6)32-18-21-13-24-25(33-21)12-20(14-28-24)22-16-29(17-23(22)26(30)31-4)15-19-10-8-7-9-11-19/h7-14,22-23H,15-18H2,1-6H3. The van der Waals surface area contributed by atoms with Crippen molar-refractivity contribution >= 4 is 25.4 Å². The summed E-state index contributed by atoms with van der Waals surface area (Å²) >= 11 is 0. The van der Waals surface area contributed by atoms with Crippen molar-refractivity contribution in [3.05, 3.63) is 65.5 Å². The molecule has 0 N–H and O–H groups in total. The number of pyridine rings is 1. The largest absolute Gasteiger partial charge is 0.469 e. The van der Waals surface area contributed by atoms with E-state index in [1.807, 2.05) is 36.5 Å². The molecular formula is C27H36N2O4Si. The zero-order valence-electron chi connectivity index (χ0n) is 21.1. The summed E-state index contributed by atoms with van der Waals surface area (Å²) in [5.74, 6) is 0.379. The third kappa shape index (κ3) is 5.27. The molecule has 1 aromatic carbocycles. The van der Waals surface area contributed by atoms with Crippen LogP contribution in [0.4, 0.5) is 0 Å². The molecule has 0 saturated carbocycles. The number of aromatic nitrogens is 1. The Balaban J connectivity index is 1.53. The SMILES string of the molecule is COC(=O)C1CN(Cc2ccccc2)CC1c1cnc2cc(CO[Si](C)(C)C(C)(C)C)oc2c1. The molecule has 1 aliphatic rings. The highest BCUT2D eigenvalue weighted by atomic mass is 28.4. The Morgan fingerprint density at radius 2 is 1.91 bits per heavy atom. The molecular weight excluding hydrogens is 444 g/mol. The first-order chi connectivity index (χ1) is 16.1. The van der Waals surface area contributed by atoms with Crippen LogP contribution in [0.25, 0.3) is 11.1 Å². The molecule has 0 amide bonds. The van der Waals surface area contributed by atoms with Crippen molar-refractivity contribution < 1.29 is 18.4 Å². The minimum atomic E-state index is -1.87. The maximum atomic E-state index is 12.6. The van der Waals surface area contributed by atoms with E-state index in [9.17, 15) is 4.79 Å². The third-order valence-electron chi connectivity index (χ3n) is 7.40. The predicted molar refractivity (Wildman–Crippen MR) is 136 cm³/mol. The van der Waals surface area contributed by atoms with Crippen LogP contribution in [0.3, 0.4) is 0 Å². The van der Waals surface area contributed by atoms with Gasteiger partial charge in [0.2, 0.25) is 0 Å².